The van der Waals surface area contributed by atoms with E-state index in [1.165, 1.54) is 0 Å². The van der Waals surface area contributed by atoms with Crippen molar-refractivity contribution in [3.8, 4) is 0 Å². The third-order valence-electron chi connectivity index (χ3n) is 0. The Balaban J connectivity index is 0. The summed E-state index contributed by atoms with van der Waals surface area (Å²) in [6.45, 7) is 2.04. The quantitative estimate of drug-likeness (QED) is 0.386. The summed E-state index contributed by atoms with van der Waals surface area (Å²) in [4.78, 5) is 0. The van der Waals surface area contributed by atoms with E-state index in [1.54, 1.807) is 0 Å². The average molecular weight is 160 g/mol. The van der Waals surface area contributed by atoms with Crippen molar-refractivity contribution in [1.29, 1.82) is 0 Å². The minimum Gasteiger partial charge on any atom is -0.852 e. The van der Waals surface area contributed by atoms with E-state index in [4.69, 9.17) is 5.11 Å². The number of nitrogens with two attached hydrogens (primary N) is 1. The number of hydrogen-bond acceptors (Lipinski definition) is 2. The van der Waals surface area contributed by atoms with Gasteiger partial charge in [-0.15, -0.1) is 0 Å². The van der Waals surface area contributed by atoms with Crippen LogP contribution < -0.4 is 10.8 Å². The molecule has 2 nitrogen and oxygen atoms in total. The van der Waals surface area contributed by atoms with Crippen molar-refractivity contribution in [2.75, 3.05) is 0 Å². The van der Waals surface area contributed by atoms with Gasteiger partial charge in [-0.05, 0) is 0 Å². The summed E-state index contributed by atoms with van der Waals surface area (Å²) in [6, 6.07) is 0. The van der Waals surface area contributed by atoms with Gasteiger partial charge in [0.05, 0.1) is 0 Å². The molecule has 7 heavy (non-hydrogen) atoms. The maximum Gasteiger partial charge on any atom is 0.0209 e. The first-order valence-corrected chi connectivity index (χ1v) is 2.91. The van der Waals surface area contributed by atoms with Crippen LogP contribution in [-0.2, 0) is 16.0 Å². The van der Waals surface area contributed by atoms with Gasteiger partial charge >= 0.3 is 28.3 Å². The van der Waals surface area contributed by atoms with Crippen LogP contribution in [0.3, 0.4) is 0 Å². The van der Waals surface area contributed by atoms with Crippen molar-refractivity contribution in [1.82, 2.24) is 0 Å². The second-order valence-corrected chi connectivity index (χ2v) is 1.82. The first-order chi connectivity index (χ1) is 3.15. The summed E-state index contributed by atoms with van der Waals surface area (Å²) in [5.41, 5.74) is 4.29. The van der Waals surface area contributed by atoms with Crippen LogP contribution in [0.15, 0.2) is 0 Å². The van der Waals surface area contributed by atoms with E-state index in [0.29, 0.717) is 0 Å². The molecule has 0 bridgehead atoms. The first kappa shape index (κ1) is 10.2. The summed E-state index contributed by atoms with van der Waals surface area (Å²) in [5.74, 6) is 0. The molecule has 0 aromatic rings. The van der Waals surface area contributed by atoms with Crippen molar-refractivity contribution in [3.63, 3.8) is 0 Å². The van der Waals surface area contributed by atoms with E-state index >= 15 is 0 Å². The Kier molecular flexibility index (Phi) is 13.9. The number of rotatable bonds is 0. The van der Waals surface area contributed by atoms with Crippen LogP contribution >= 0.6 is 12.2 Å². The SMILES string of the molecule is C[CH2][Mn+].NC([O-])=S. The van der Waals surface area contributed by atoms with Gasteiger partial charge in [0.15, 0.2) is 0 Å². The largest absolute Gasteiger partial charge is 0.852 e. The average Bonchev–Trinajstić information content (AvgIpc) is 1.33. The van der Waals surface area contributed by atoms with E-state index in [1.807, 2.05) is 6.92 Å². The van der Waals surface area contributed by atoms with Gasteiger partial charge in [-0.25, -0.2) is 0 Å². The van der Waals surface area contributed by atoms with Gasteiger partial charge in [-0.1, -0.05) is 12.2 Å². The monoisotopic (exact) mass is 160 g/mol. The van der Waals surface area contributed by atoms with Gasteiger partial charge in [0.25, 0.3) is 0 Å². The Hall–Kier alpha value is 0.209. The third kappa shape index (κ3) is 2510. The van der Waals surface area contributed by atoms with Crippen LogP contribution in [0.2, 0.25) is 5.32 Å². The summed E-state index contributed by atoms with van der Waals surface area (Å²) in [7, 11) is 0. The van der Waals surface area contributed by atoms with Crippen LogP contribution in [0.4, 0.5) is 0 Å². The second kappa shape index (κ2) is 9.51. The maximum absolute atomic E-state index is 9.04. The van der Waals surface area contributed by atoms with Crippen LogP contribution in [-0.4, -0.2) is 5.17 Å². The van der Waals surface area contributed by atoms with Gasteiger partial charge in [0, 0.05) is 5.17 Å². The molecule has 0 aliphatic heterocycles. The minimum atomic E-state index is -0.750. The van der Waals surface area contributed by atoms with E-state index in [2.05, 4.69) is 34.0 Å². The molecule has 0 aliphatic rings. The Labute approximate surface area is 56.9 Å². The molecule has 0 radical (unpaired) electrons. The molecule has 0 spiro atoms. The first-order valence-electron chi connectivity index (χ1n) is 1.67. The molecule has 0 amide bonds. The third-order valence-corrected chi connectivity index (χ3v) is 0. The van der Waals surface area contributed by atoms with Crippen LogP contribution in [0.5, 0.6) is 0 Å². The Morgan fingerprint density at radius 2 is 2.00 bits per heavy atom. The van der Waals surface area contributed by atoms with Crippen molar-refractivity contribution in [3.05, 3.63) is 0 Å². The zero-order chi connectivity index (χ0) is 6.28. The molecule has 43 valence electrons. The smallest absolute Gasteiger partial charge is 0.0209 e. The molecular formula is C3H7MnNOS. The molecule has 0 fully saturated rings. The van der Waals surface area contributed by atoms with Crippen molar-refractivity contribution in [2.45, 2.75) is 12.2 Å². The molecule has 0 heterocycles. The van der Waals surface area contributed by atoms with Gasteiger partial charge < -0.3 is 10.8 Å². The molecule has 0 aliphatic carbocycles. The van der Waals surface area contributed by atoms with Gasteiger partial charge in [-0.3, -0.25) is 0 Å². The molecule has 0 rings (SSSR count). The van der Waals surface area contributed by atoms with Crippen molar-refractivity contribution < 1.29 is 21.1 Å². The summed E-state index contributed by atoms with van der Waals surface area (Å²) < 4.78 is 0. The predicted molar refractivity (Wildman–Crippen MR) is 27.3 cm³/mol. The second-order valence-electron chi connectivity index (χ2n) is 0.586. The van der Waals surface area contributed by atoms with Crippen LogP contribution in [0.1, 0.15) is 6.92 Å². The molecule has 0 saturated carbocycles. The Morgan fingerprint density at radius 3 is 2.00 bits per heavy atom. The molecular weight excluding hydrogens is 153 g/mol. The van der Waals surface area contributed by atoms with E-state index in [0.717, 1.165) is 5.32 Å². The van der Waals surface area contributed by atoms with Gasteiger partial charge in [0.2, 0.25) is 0 Å². The van der Waals surface area contributed by atoms with E-state index in [9.17, 15) is 0 Å². The fourth-order valence-electron chi connectivity index (χ4n) is 0. The molecule has 2 N–H and O–H groups in total. The number of thiocarbonyl (C=S) groups is 1. The normalized spacial score (nSPS) is 5.86. The maximum atomic E-state index is 9.04. The van der Waals surface area contributed by atoms with Crippen molar-refractivity contribution in [2.24, 2.45) is 5.73 Å². The summed E-state index contributed by atoms with van der Waals surface area (Å²) in [5, 5.41) is 9.35. The minimum absolute atomic E-state index is 0.750. The van der Waals surface area contributed by atoms with Crippen molar-refractivity contribution >= 4 is 17.4 Å². The molecule has 0 unspecified atom stereocenters. The molecule has 4 heteroatoms. The molecule has 0 aromatic heterocycles. The van der Waals surface area contributed by atoms with Gasteiger partial charge in [-0.2, -0.15) is 0 Å². The van der Waals surface area contributed by atoms with Crippen LogP contribution in [0, 0.1) is 0 Å². The number of hydrogen-bond donors (Lipinski definition) is 1. The summed E-state index contributed by atoms with van der Waals surface area (Å²) >= 11 is 6.91. The predicted octanol–water partition coefficient (Wildman–Crippen LogP) is -0.438. The van der Waals surface area contributed by atoms with E-state index < -0.39 is 5.17 Å². The zero-order valence-corrected chi connectivity index (χ0v) is 5.98. The van der Waals surface area contributed by atoms with Gasteiger partial charge in [0.1, 0.15) is 0 Å². The van der Waals surface area contributed by atoms with Crippen LogP contribution in [0.25, 0.3) is 0 Å². The standard InChI is InChI=1S/C2H5.CH3NOS.Mn/c1-2;2-1(3)4;/h1H2,2H3;(H3,2,3,4);/q;;+1/p-1. The Morgan fingerprint density at radius 1 is 2.00 bits per heavy atom. The molecule has 0 atom stereocenters. The fourth-order valence-corrected chi connectivity index (χ4v) is 0. The molecule has 0 saturated heterocycles. The fraction of sp³-hybridized carbons (Fsp3) is 0.667. The summed E-state index contributed by atoms with van der Waals surface area (Å²) in [6.07, 6.45) is 0. The van der Waals surface area contributed by atoms with E-state index in [-0.39, 0.29) is 0 Å². The Bertz CT molecular complexity index is 46.2. The topological polar surface area (TPSA) is 49.1 Å². The zero-order valence-electron chi connectivity index (χ0n) is 3.98. The molecule has 0 aromatic carbocycles.